The number of amides is 1. The van der Waals surface area contributed by atoms with Crippen molar-refractivity contribution in [2.75, 3.05) is 0 Å². The first-order valence-electron chi connectivity index (χ1n) is 7.81. The van der Waals surface area contributed by atoms with Gasteiger partial charge < -0.3 is 14.8 Å². The molecule has 1 saturated carbocycles. The maximum absolute atomic E-state index is 12.2. The first-order chi connectivity index (χ1) is 10.9. The molecule has 1 aromatic heterocycles. The van der Waals surface area contributed by atoms with Crippen molar-refractivity contribution < 1.29 is 19.1 Å². The molecular formula is C16H23N3O4. The predicted octanol–water partition coefficient (Wildman–Crippen LogP) is 1.62. The van der Waals surface area contributed by atoms with Crippen LogP contribution in [0, 0.1) is 0 Å². The van der Waals surface area contributed by atoms with Crippen LogP contribution in [0.5, 0.6) is 6.01 Å². The monoisotopic (exact) mass is 321 g/mol. The fraction of sp³-hybridized carbons (Fsp3) is 0.625. The number of esters is 1. The number of rotatable bonds is 5. The van der Waals surface area contributed by atoms with Crippen molar-refractivity contribution in [3.05, 3.63) is 18.5 Å². The first kappa shape index (κ1) is 17.2. The van der Waals surface area contributed by atoms with E-state index in [1.807, 2.05) is 0 Å². The third-order valence-corrected chi connectivity index (χ3v) is 3.77. The van der Waals surface area contributed by atoms with E-state index in [-0.39, 0.29) is 18.1 Å². The fourth-order valence-corrected chi connectivity index (χ4v) is 2.59. The summed E-state index contributed by atoms with van der Waals surface area (Å²) in [5.41, 5.74) is -1.16. The second-order valence-electron chi connectivity index (χ2n) is 6.20. The lowest BCUT2D eigenvalue weighted by molar-refractivity contribution is -0.163. The zero-order chi connectivity index (χ0) is 16.9. The molecule has 1 heterocycles. The van der Waals surface area contributed by atoms with E-state index in [4.69, 9.17) is 9.47 Å². The molecule has 126 valence electrons. The van der Waals surface area contributed by atoms with Crippen LogP contribution in [0.25, 0.3) is 0 Å². The predicted molar refractivity (Wildman–Crippen MR) is 82.7 cm³/mol. The number of ether oxygens (including phenoxy) is 2. The van der Waals surface area contributed by atoms with Crippen molar-refractivity contribution in [3.63, 3.8) is 0 Å². The normalized spacial score (nSPS) is 21.3. The summed E-state index contributed by atoms with van der Waals surface area (Å²) in [7, 11) is 0. The Morgan fingerprint density at radius 1 is 1.17 bits per heavy atom. The van der Waals surface area contributed by atoms with E-state index in [1.165, 1.54) is 6.92 Å². The van der Waals surface area contributed by atoms with Gasteiger partial charge in [0.25, 0.3) is 5.91 Å². The van der Waals surface area contributed by atoms with Crippen LogP contribution >= 0.6 is 0 Å². The summed E-state index contributed by atoms with van der Waals surface area (Å²) in [4.78, 5) is 31.3. The Morgan fingerprint density at radius 3 is 2.35 bits per heavy atom. The van der Waals surface area contributed by atoms with Crippen LogP contribution < -0.4 is 10.1 Å². The molecule has 1 aliphatic carbocycles. The fourth-order valence-electron chi connectivity index (χ4n) is 2.59. The van der Waals surface area contributed by atoms with Gasteiger partial charge in [-0.25, -0.2) is 9.97 Å². The van der Waals surface area contributed by atoms with Crippen molar-refractivity contribution in [2.24, 2.45) is 0 Å². The number of carbonyl (C=O) groups excluding carboxylic acids is 2. The molecule has 0 saturated heterocycles. The Kier molecular flexibility index (Phi) is 5.52. The van der Waals surface area contributed by atoms with E-state index < -0.39 is 11.6 Å². The summed E-state index contributed by atoms with van der Waals surface area (Å²) in [6, 6.07) is 2.19. The van der Waals surface area contributed by atoms with Crippen molar-refractivity contribution in [3.8, 4) is 6.01 Å². The molecule has 0 spiro atoms. The van der Waals surface area contributed by atoms with Crippen LogP contribution in [0.2, 0.25) is 0 Å². The zero-order valence-corrected chi connectivity index (χ0v) is 13.7. The lowest BCUT2D eigenvalue weighted by Gasteiger charge is -2.31. The van der Waals surface area contributed by atoms with Crippen LogP contribution in [0.15, 0.2) is 18.5 Å². The summed E-state index contributed by atoms with van der Waals surface area (Å²) < 4.78 is 10.8. The minimum atomic E-state index is -1.16. The van der Waals surface area contributed by atoms with Crippen LogP contribution in [0.1, 0.15) is 46.5 Å². The highest BCUT2D eigenvalue weighted by molar-refractivity contribution is 5.86. The smallest absolute Gasteiger partial charge is 0.316 e. The first-order valence-corrected chi connectivity index (χ1v) is 7.81. The van der Waals surface area contributed by atoms with E-state index in [0.717, 1.165) is 25.7 Å². The number of hydrogen-bond acceptors (Lipinski definition) is 6. The summed E-state index contributed by atoms with van der Waals surface area (Å²) in [5.74, 6) is -0.742. The summed E-state index contributed by atoms with van der Waals surface area (Å²) in [6.45, 7) is 4.47. The SMILES string of the molecule is CC(=O)OC(C)(C)C(=O)NC1CCC(Oc2ncccn2)CC1. The molecule has 7 nitrogen and oxygen atoms in total. The minimum absolute atomic E-state index is 0.0621. The topological polar surface area (TPSA) is 90.4 Å². The lowest BCUT2D eigenvalue weighted by Crippen LogP contribution is -2.50. The van der Waals surface area contributed by atoms with Crippen molar-refractivity contribution in [1.82, 2.24) is 15.3 Å². The van der Waals surface area contributed by atoms with Gasteiger partial charge in [0.1, 0.15) is 6.10 Å². The molecule has 7 heteroatoms. The van der Waals surface area contributed by atoms with Gasteiger partial charge in [-0.2, -0.15) is 0 Å². The maximum atomic E-state index is 12.2. The highest BCUT2D eigenvalue weighted by Crippen LogP contribution is 2.23. The maximum Gasteiger partial charge on any atom is 0.316 e. The molecule has 0 unspecified atom stereocenters. The molecule has 0 atom stereocenters. The molecule has 1 N–H and O–H groups in total. The molecular weight excluding hydrogens is 298 g/mol. The van der Waals surface area contributed by atoms with Gasteiger partial charge in [0.15, 0.2) is 5.60 Å². The largest absolute Gasteiger partial charge is 0.460 e. The Hall–Kier alpha value is -2.18. The molecule has 1 fully saturated rings. The average Bonchev–Trinajstić information content (AvgIpc) is 2.49. The summed E-state index contributed by atoms with van der Waals surface area (Å²) in [5, 5.41) is 2.95. The van der Waals surface area contributed by atoms with Gasteiger partial charge in [0.05, 0.1) is 0 Å². The number of carbonyl (C=O) groups is 2. The highest BCUT2D eigenvalue weighted by Gasteiger charge is 2.33. The van der Waals surface area contributed by atoms with Crippen LogP contribution in [0.4, 0.5) is 0 Å². The summed E-state index contributed by atoms with van der Waals surface area (Å²) in [6.07, 6.45) is 6.59. The molecule has 2 rings (SSSR count). The zero-order valence-electron chi connectivity index (χ0n) is 13.7. The number of nitrogens with one attached hydrogen (secondary N) is 1. The quantitative estimate of drug-likeness (QED) is 0.829. The molecule has 0 radical (unpaired) electrons. The number of aromatic nitrogens is 2. The van der Waals surface area contributed by atoms with E-state index in [1.54, 1.807) is 32.3 Å². The van der Waals surface area contributed by atoms with Gasteiger partial charge in [-0.3, -0.25) is 9.59 Å². The van der Waals surface area contributed by atoms with Gasteiger partial charge in [-0.1, -0.05) is 0 Å². The van der Waals surface area contributed by atoms with Crippen LogP contribution in [-0.4, -0.2) is 39.6 Å². The molecule has 0 aliphatic heterocycles. The van der Waals surface area contributed by atoms with Crippen molar-refractivity contribution in [1.29, 1.82) is 0 Å². The second-order valence-corrected chi connectivity index (χ2v) is 6.20. The van der Waals surface area contributed by atoms with E-state index >= 15 is 0 Å². The molecule has 1 aliphatic rings. The molecule has 1 amide bonds. The third-order valence-electron chi connectivity index (χ3n) is 3.77. The van der Waals surface area contributed by atoms with Gasteiger partial charge in [0, 0.05) is 25.4 Å². The highest BCUT2D eigenvalue weighted by atomic mass is 16.6. The van der Waals surface area contributed by atoms with Crippen LogP contribution in [0.3, 0.4) is 0 Å². The Balaban J connectivity index is 1.78. The molecule has 0 bridgehead atoms. The van der Waals surface area contributed by atoms with Gasteiger partial charge >= 0.3 is 12.0 Å². The molecule has 1 aromatic rings. The number of nitrogens with zero attached hydrogens (tertiary/aromatic N) is 2. The van der Waals surface area contributed by atoms with Crippen LogP contribution in [-0.2, 0) is 14.3 Å². The van der Waals surface area contributed by atoms with Crippen molar-refractivity contribution in [2.45, 2.75) is 64.2 Å². The minimum Gasteiger partial charge on any atom is -0.460 e. The summed E-state index contributed by atoms with van der Waals surface area (Å²) >= 11 is 0. The molecule has 0 aromatic carbocycles. The Bertz CT molecular complexity index is 540. The average molecular weight is 321 g/mol. The second kappa shape index (κ2) is 7.39. The standard InChI is InChI=1S/C16H23N3O4/c1-11(20)23-16(2,3)14(21)19-12-5-7-13(8-6-12)22-15-17-9-4-10-18-15/h4,9-10,12-13H,5-8H2,1-3H3,(H,19,21). The van der Waals surface area contributed by atoms with E-state index in [0.29, 0.717) is 6.01 Å². The van der Waals surface area contributed by atoms with Gasteiger partial charge in [0.2, 0.25) is 0 Å². The van der Waals surface area contributed by atoms with E-state index in [2.05, 4.69) is 15.3 Å². The van der Waals surface area contributed by atoms with Gasteiger partial charge in [-0.05, 0) is 45.6 Å². The number of hydrogen-bond donors (Lipinski definition) is 1. The third kappa shape index (κ3) is 5.19. The van der Waals surface area contributed by atoms with Gasteiger partial charge in [-0.15, -0.1) is 0 Å². The van der Waals surface area contributed by atoms with E-state index in [9.17, 15) is 9.59 Å². The lowest BCUT2D eigenvalue weighted by atomic mass is 9.92. The Labute approximate surface area is 135 Å². The Morgan fingerprint density at radius 2 is 1.78 bits per heavy atom. The van der Waals surface area contributed by atoms with Crippen molar-refractivity contribution >= 4 is 11.9 Å². The molecule has 23 heavy (non-hydrogen) atoms.